The zero-order chi connectivity index (χ0) is 16.5. The van der Waals surface area contributed by atoms with E-state index < -0.39 is 0 Å². The Morgan fingerprint density at radius 2 is 2.29 bits per heavy atom. The topological polar surface area (TPSA) is 58.1 Å². The van der Waals surface area contributed by atoms with Crippen LogP contribution in [-0.2, 0) is 4.79 Å². The van der Waals surface area contributed by atoms with Crippen LogP contribution >= 0.6 is 11.3 Å². The number of aryl methyl sites for hydroxylation is 1. The van der Waals surface area contributed by atoms with Crippen LogP contribution in [0.25, 0.3) is 0 Å². The lowest BCUT2D eigenvalue weighted by Crippen LogP contribution is -2.48. The summed E-state index contributed by atoms with van der Waals surface area (Å²) >= 11 is 1.82. The van der Waals surface area contributed by atoms with Gasteiger partial charge in [0.2, 0.25) is 5.91 Å². The molecule has 1 saturated heterocycles. The SMILES string of the molecule is Cc1ccc(C2CC2C(=O)NC2CCCN(c3cccnn3)C2)s1. The maximum Gasteiger partial charge on any atom is 0.224 e. The van der Waals surface area contributed by atoms with E-state index in [0.717, 1.165) is 38.2 Å². The van der Waals surface area contributed by atoms with Crippen molar-refractivity contribution in [2.24, 2.45) is 5.92 Å². The van der Waals surface area contributed by atoms with Gasteiger partial charge in [0.25, 0.3) is 0 Å². The van der Waals surface area contributed by atoms with Crippen molar-refractivity contribution in [2.75, 3.05) is 18.0 Å². The molecule has 1 amide bonds. The minimum Gasteiger partial charge on any atom is -0.353 e. The lowest BCUT2D eigenvalue weighted by atomic mass is 10.1. The van der Waals surface area contributed by atoms with Gasteiger partial charge >= 0.3 is 0 Å². The molecule has 2 fully saturated rings. The van der Waals surface area contributed by atoms with Crippen molar-refractivity contribution in [1.82, 2.24) is 15.5 Å². The van der Waals surface area contributed by atoms with Crippen molar-refractivity contribution in [1.29, 1.82) is 0 Å². The number of piperidine rings is 1. The summed E-state index contributed by atoms with van der Waals surface area (Å²) in [6, 6.07) is 8.41. The van der Waals surface area contributed by atoms with Gasteiger partial charge in [0.15, 0.2) is 5.82 Å². The third-order valence-electron chi connectivity index (χ3n) is 4.90. The molecule has 0 spiro atoms. The molecule has 0 bridgehead atoms. The maximum absolute atomic E-state index is 12.6. The Bertz CT molecular complexity index is 717. The van der Waals surface area contributed by atoms with Crippen molar-refractivity contribution in [3.05, 3.63) is 40.2 Å². The van der Waals surface area contributed by atoms with Crippen LogP contribution in [0.1, 0.15) is 34.9 Å². The summed E-state index contributed by atoms with van der Waals surface area (Å²) in [5, 5.41) is 11.4. The second kappa shape index (κ2) is 6.51. The van der Waals surface area contributed by atoms with Crippen molar-refractivity contribution in [3.8, 4) is 0 Å². The fraction of sp³-hybridized carbons (Fsp3) is 0.500. The predicted octanol–water partition coefficient (Wildman–Crippen LogP) is 2.74. The zero-order valence-corrected chi connectivity index (χ0v) is 14.6. The van der Waals surface area contributed by atoms with Gasteiger partial charge in [-0.15, -0.1) is 16.4 Å². The molecule has 0 radical (unpaired) electrons. The molecule has 1 saturated carbocycles. The molecule has 6 heteroatoms. The quantitative estimate of drug-likeness (QED) is 0.928. The maximum atomic E-state index is 12.6. The van der Waals surface area contributed by atoms with Gasteiger partial charge in [0.1, 0.15) is 0 Å². The highest BCUT2D eigenvalue weighted by atomic mass is 32.1. The molecule has 126 valence electrons. The van der Waals surface area contributed by atoms with Crippen LogP contribution in [-0.4, -0.2) is 35.2 Å². The van der Waals surface area contributed by atoms with E-state index in [2.05, 4.69) is 39.5 Å². The van der Waals surface area contributed by atoms with E-state index in [1.807, 2.05) is 23.5 Å². The lowest BCUT2D eigenvalue weighted by Gasteiger charge is -2.33. The number of carbonyl (C=O) groups is 1. The first-order chi connectivity index (χ1) is 11.7. The Labute approximate surface area is 146 Å². The summed E-state index contributed by atoms with van der Waals surface area (Å²) in [6.45, 7) is 3.92. The average molecular weight is 342 g/mol. The van der Waals surface area contributed by atoms with Gasteiger partial charge in [-0.2, -0.15) is 5.10 Å². The summed E-state index contributed by atoms with van der Waals surface area (Å²) in [7, 11) is 0. The number of thiophene rings is 1. The Morgan fingerprint density at radius 3 is 3.04 bits per heavy atom. The van der Waals surface area contributed by atoms with E-state index in [1.54, 1.807) is 6.20 Å². The van der Waals surface area contributed by atoms with E-state index >= 15 is 0 Å². The molecule has 1 N–H and O–H groups in total. The lowest BCUT2D eigenvalue weighted by molar-refractivity contribution is -0.123. The average Bonchev–Trinajstić information content (AvgIpc) is 3.30. The van der Waals surface area contributed by atoms with Gasteiger partial charge in [-0.3, -0.25) is 4.79 Å². The van der Waals surface area contributed by atoms with Crippen molar-refractivity contribution in [2.45, 2.75) is 38.1 Å². The highest BCUT2D eigenvalue weighted by Gasteiger charge is 2.45. The largest absolute Gasteiger partial charge is 0.353 e. The molecule has 2 aromatic rings. The van der Waals surface area contributed by atoms with Gasteiger partial charge in [0.05, 0.1) is 0 Å². The van der Waals surface area contributed by atoms with Crippen molar-refractivity contribution >= 4 is 23.1 Å². The first kappa shape index (κ1) is 15.6. The first-order valence-corrected chi connectivity index (χ1v) is 9.42. The van der Waals surface area contributed by atoms with E-state index in [1.165, 1.54) is 9.75 Å². The van der Waals surface area contributed by atoms with E-state index in [0.29, 0.717) is 5.92 Å². The summed E-state index contributed by atoms with van der Waals surface area (Å²) in [6.07, 6.45) is 4.79. The minimum atomic E-state index is 0.162. The van der Waals surface area contributed by atoms with Gasteiger partial charge in [-0.05, 0) is 50.5 Å². The molecular weight excluding hydrogens is 320 g/mol. The molecular formula is C18H22N4OS. The molecule has 24 heavy (non-hydrogen) atoms. The predicted molar refractivity (Wildman–Crippen MR) is 95.3 cm³/mol. The number of nitrogens with one attached hydrogen (secondary N) is 1. The van der Waals surface area contributed by atoms with Crippen molar-refractivity contribution < 1.29 is 4.79 Å². The number of aromatic nitrogens is 2. The standard InChI is InChI=1S/C18H22N4OS/c1-12-6-7-16(24-12)14-10-15(14)18(23)20-13-4-3-9-22(11-13)17-5-2-8-19-21-17/h2,5-8,13-15H,3-4,9-11H2,1H3,(H,20,23). The number of rotatable bonds is 4. The van der Waals surface area contributed by atoms with Crippen LogP contribution < -0.4 is 10.2 Å². The van der Waals surface area contributed by atoms with Crippen LogP contribution in [0, 0.1) is 12.8 Å². The molecule has 3 atom stereocenters. The van der Waals surface area contributed by atoms with Crippen LogP contribution in [0.3, 0.4) is 0 Å². The fourth-order valence-electron chi connectivity index (χ4n) is 3.53. The molecule has 1 aliphatic carbocycles. The van der Waals surface area contributed by atoms with Gasteiger partial charge in [-0.1, -0.05) is 0 Å². The third kappa shape index (κ3) is 3.29. The number of nitrogens with zero attached hydrogens (tertiary/aromatic N) is 3. The smallest absolute Gasteiger partial charge is 0.224 e. The van der Waals surface area contributed by atoms with E-state index in [-0.39, 0.29) is 17.9 Å². The van der Waals surface area contributed by atoms with Crippen LogP contribution in [0.5, 0.6) is 0 Å². The molecule has 5 nitrogen and oxygen atoms in total. The highest BCUT2D eigenvalue weighted by Crippen LogP contribution is 2.49. The zero-order valence-electron chi connectivity index (χ0n) is 13.8. The Morgan fingerprint density at radius 1 is 1.38 bits per heavy atom. The van der Waals surface area contributed by atoms with Crippen LogP contribution in [0.2, 0.25) is 0 Å². The molecule has 1 aliphatic heterocycles. The van der Waals surface area contributed by atoms with Gasteiger partial charge < -0.3 is 10.2 Å². The monoisotopic (exact) mass is 342 g/mol. The highest BCUT2D eigenvalue weighted by molar-refractivity contribution is 7.12. The van der Waals surface area contributed by atoms with E-state index in [4.69, 9.17) is 0 Å². The summed E-state index contributed by atoms with van der Waals surface area (Å²) in [5.74, 6) is 1.71. The second-order valence-electron chi connectivity index (χ2n) is 6.77. The molecule has 2 aliphatic rings. The Balaban J connectivity index is 1.33. The fourth-order valence-corrected chi connectivity index (χ4v) is 4.58. The van der Waals surface area contributed by atoms with Crippen LogP contribution in [0.15, 0.2) is 30.5 Å². The Kier molecular flexibility index (Phi) is 4.22. The summed E-state index contributed by atoms with van der Waals surface area (Å²) in [5.41, 5.74) is 0. The molecule has 2 aromatic heterocycles. The molecule has 3 unspecified atom stereocenters. The second-order valence-corrected chi connectivity index (χ2v) is 8.09. The summed E-state index contributed by atoms with van der Waals surface area (Å²) < 4.78 is 0. The molecule has 4 rings (SSSR count). The number of amides is 1. The summed E-state index contributed by atoms with van der Waals surface area (Å²) in [4.78, 5) is 17.5. The van der Waals surface area contributed by atoms with Crippen LogP contribution in [0.4, 0.5) is 5.82 Å². The Hall–Kier alpha value is -1.95. The number of hydrogen-bond acceptors (Lipinski definition) is 5. The first-order valence-electron chi connectivity index (χ1n) is 8.60. The van der Waals surface area contributed by atoms with Gasteiger partial charge in [-0.25, -0.2) is 0 Å². The number of carbonyl (C=O) groups excluding carboxylic acids is 1. The number of anilines is 1. The van der Waals surface area contributed by atoms with E-state index in [9.17, 15) is 4.79 Å². The molecule has 0 aromatic carbocycles. The van der Waals surface area contributed by atoms with Gasteiger partial charge in [0, 0.05) is 46.9 Å². The number of hydrogen-bond donors (Lipinski definition) is 1. The normalized spacial score (nSPS) is 26.2. The third-order valence-corrected chi connectivity index (χ3v) is 6.04. The minimum absolute atomic E-state index is 0.162. The van der Waals surface area contributed by atoms with Crippen molar-refractivity contribution in [3.63, 3.8) is 0 Å². The molecule has 3 heterocycles.